The summed E-state index contributed by atoms with van der Waals surface area (Å²) in [6, 6.07) is 7.79. The molecule has 4 nitrogen and oxygen atoms in total. The van der Waals surface area contributed by atoms with Gasteiger partial charge in [-0.15, -0.1) is 11.3 Å². The maximum Gasteiger partial charge on any atom is 0.258 e. The van der Waals surface area contributed by atoms with Crippen LogP contribution in [0.2, 0.25) is 0 Å². The first-order valence-corrected chi connectivity index (χ1v) is 7.49. The number of carbonyl (C=O) groups is 1. The number of aromatic nitrogens is 1. The van der Waals surface area contributed by atoms with Gasteiger partial charge in [0.05, 0.1) is 5.56 Å². The van der Waals surface area contributed by atoms with Gasteiger partial charge in [-0.1, -0.05) is 19.1 Å². The molecule has 0 fully saturated rings. The molecule has 2 aromatic rings. The Bertz CT molecular complexity index is 555. The zero-order valence-electron chi connectivity index (χ0n) is 11.6. The van der Waals surface area contributed by atoms with Gasteiger partial charge in [-0.25, -0.2) is 4.98 Å². The molecule has 0 saturated heterocycles. The highest BCUT2D eigenvalue weighted by molar-refractivity contribution is 7.13. The van der Waals surface area contributed by atoms with E-state index in [2.05, 4.69) is 10.3 Å². The first-order chi connectivity index (χ1) is 9.70. The monoisotopic (exact) mass is 290 g/mol. The SMILES string of the molecule is CCC(C)NC(=O)COc1ccccc1-c1nccs1. The van der Waals surface area contributed by atoms with E-state index in [0.29, 0.717) is 5.75 Å². The Balaban J connectivity index is 2.02. The molecule has 1 aromatic carbocycles. The van der Waals surface area contributed by atoms with Crippen LogP contribution in [0.25, 0.3) is 10.6 Å². The average Bonchev–Trinajstić information content (AvgIpc) is 2.99. The molecule has 0 spiro atoms. The molecule has 0 aliphatic rings. The van der Waals surface area contributed by atoms with Gasteiger partial charge in [0.15, 0.2) is 6.61 Å². The molecular weight excluding hydrogens is 272 g/mol. The molecule has 1 amide bonds. The van der Waals surface area contributed by atoms with Gasteiger partial charge in [-0.05, 0) is 25.5 Å². The van der Waals surface area contributed by atoms with Crippen LogP contribution in [-0.4, -0.2) is 23.5 Å². The van der Waals surface area contributed by atoms with Gasteiger partial charge in [0.25, 0.3) is 5.91 Å². The summed E-state index contributed by atoms with van der Waals surface area (Å²) in [5, 5.41) is 5.69. The van der Waals surface area contributed by atoms with E-state index in [1.807, 2.05) is 43.5 Å². The fraction of sp³-hybridized carbons (Fsp3) is 0.333. The van der Waals surface area contributed by atoms with Crippen molar-refractivity contribution in [3.63, 3.8) is 0 Å². The number of carbonyl (C=O) groups excluding carboxylic acids is 1. The van der Waals surface area contributed by atoms with Crippen molar-refractivity contribution >= 4 is 17.2 Å². The van der Waals surface area contributed by atoms with Crippen molar-refractivity contribution in [3.8, 4) is 16.3 Å². The largest absolute Gasteiger partial charge is 0.483 e. The Morgan fingerprint density at radius 2 is 2.25 bits per heavy atom. The number of nitrogens with zero attached hydrogens (tertiary/aromatic N) is 1. The van der Waals surface area contributed by atoms with Crippen molar-refractivity contribution in [2.45, 2.75) is 26.3 Å². The van der Waals surface area contributed by atoms with Gasteiger partial charge in [0.2, 0.25) is 0 Å². The standard InChI is InChI=1S/C15H18N2O2S/c1-3-11(2)17-14(18)10-19-13-7-5-4-6-12(13)15-16-8-9-20-15/h4-9,11H,3,10H2,1-2H3,(H,17,18). The number of hydrogen-bond donors (Lipinski definition) is 1. The summed E-state index contributed by atoms with van der Waals surface area (Å²) >= 11 is 1.55. The van der Waals surface area contributed by atoms with Gasteiger partial charge in [-0.3, -0.25) is 4.79 Å². The summed E-state index contributed by atoms with van der Waals surface area (Å²) in [7, 11) is 0. The molecule has 106 valence electrons. The number of ether oxygens (including phenoxy) is 1. The van der Waals surface area contributed by atoms with Crippen molar-refractivity contribution in [3.05, 3.63) is 35.8 Å². The number of rotatable bonds is 6. The van der Waals surface area contributed by atoms with Gasteiger partial charge in [-0.2, -0.15) is 0 Å². The molecule has 1 heterocycles. The number of nitrogens with one attached hydrogen (secondary N) is 1. The van der Waals surface area contributed by atoms with Gasteiger partial charge in [0, 0.05) is 17.6 Å². The van der Waals surface area contributed by atoms with Crippen molar-refractivity contribution < 1.29 is 9.53 Å². The van der Waals surface area contributed by atoms with Crippen LogP contribution in [0.3, 0.4) is 0 Å². The van der Waals surface area contributed by atoms with Crippen molar-refractivity contribution in [2.75, 3.05) is 6.61 Å². The summed E-state index contributed by atoms with van der Waals surface area (Å²) in [6.07, 6.45) is 2.66. The molecule has 0 saturated carbocycles. The van der Waals surface area contributed by atoms with Crippen molar-refractivity contribution in [1.82, 2.24) is 10.3 Å². The molecule has 0 aliphatic heterocycles. The lowest BCUT2D eigenvalue weighted by molar-refractivity contribution is -0.123. The van der Waals surface area contributed by atoms with Crippen molar-refractivity contribution in [2.24, 2.45) is 0 Å². The minimum absolute atomic E-state index is 0.0206. The Labute approximate surface area is 122 Å². The first-order valence-electron chi connectivity index (χ1n) is 6.61. The highest BCUT2D eigenvalue weighted by atomic mass is 32.1. The van der Waals surface area contributed by atoms with Crippen LogP contribution < -0.4 is 10.1 Å². The van der Waals surface area contributed by atoms with Gasteiger partial charge < -0.3 is 10.1 Å². The number of para-hydroxylation sites is 1. The maximum atomic E-state index is 11.7. The minimum atomic E-state index is -0.103. The third-order valence-electron chi connectivity index (χ3n) is 2.93. The van der Waals surface area contributed by atoms with E-state index in [-0.39, 0.29) is 18.6 Å². The van der Waals surface area contributed by atoms with Crippen LogP contribution in [-0.2, 0) is 4.79 Å². The van der Waals surface area contributed by atoms with Crippen LogP contribution in [0.5, 0.6) is 5.75 Å². The number of hydrogen-bond acceptors (Lipinski definition) is 4. The molecule has 1 unspecified atom stereocenters. The molecule has 2 rings (SSSR count). The van der Waals surface area contributed by atoms with E-state index in [1.54, 1.807) is 17.5 Å². The van der Waals surface area contributed by atoms with Crippen LogP contribution >= 0.6 is 11.3 Å². The van der Waals surface area contributed by atoms with Crippen LogP contribution in [0, 0.1) is 0 Å². The number of thiazole rings is 1. The quantitative estimate of drug-likeness (QED) is 0.889. The van der Waals surface area contributed by atoms with E-state index in [1.165, 1.54) is 0 Å². The zero-order valence-corrected chi connectivity index (χ0v) is 12.4. The Morgan fingerprint density at radius 1 is 1.45 bits per heavy atom. The van der Waals surface area contributed by atoms with E-state index in [9.17, 15) is 4.79 Å². The molecule has 1 atom stereocenters. The predicted molar refractivity (Wildman–Crippen MR) is 80.9 cm³/mol. The molecule has 0 aliphatic carbocycles. The fourth-order valence-electron chi connectivity index (χ4n) is 1.69. The number of benzene rings is 1. The molecule has 5 heteroatoms. The van der Waals surface area contributed by atoms with E-state index >= 15 is 0 Å². The average molecular weight is 290 g/mol. The van der Waals surface area contributed by atoms with Crippen LogP contribution in [0.4, 0.5) is 0 Å². The zero-order chi connectivity index (χ0) is 14.4. The third-order valence-corrected chi connectivity index (χ3v) is 3.73. The summed E-state index contributed by atoms with van der Waals surface area (Å²) in [6.45, 7) is 4.03. The van der Waals surface area contributed by atoms with E-state index < -0.39 is 0 Å². The smallest absolute Gasteiger partial charge is 0.258 e. The summed E-state index contributed by atoms with van der Waals surface area (Å²) in [4.78, 5) is 16.0. The summed E-state index contributed by atoms with van der Waals surface area (Å²) in [5.41, 5.74) is 0.916. The second-order valence-corrected chi connectivity index (χ2v) is 5.39. The highest BCUT2D eigenvalue weighted by Crippen LogP contribution is 2.30. The summed E-state index contributed by atoms with van der Waals surface area (Å²) in [5.74, 6) is 0.579. The third kappa shape index (κ3) is 3.81. The van der Waals surface area contributed by atoms with Gasteiger partial charge in [0.1, 0.15) is 10.8 Å². The Morgan fingerprint density at radius 3 is 2.95 bits per heavy atom. The molecule has 1 N–H and O–H groups in total. The molecule has 1 aromatic heterocycles. The Kier molecular flexibility index (Phi) is 5.12. The van der Waals surface area contributed by atoms with Crippen molar-refractivity contribution in [1.29, 1.82) is 0 Å². The lowest BCUT2D eigenvalue weighted by Crippen LogP contribution is -2.35. The Hall–Kier alpha value is -1.88. The normalized spacial score (nSPS) is 11.9. The fourth-order valence-corrected chi connectivity index (χ4v) is 2.36. The predicted octanol–water partition coefficient (Wildman–Crippen LogP) is 3.10. The van der Waals surface area contributed by atoms with Crippen LogP contribution in [0.1, 0.15) is 20.3 Å². The minimum Gasteiger partial charge on any atom is -0.483 e. The highest BCUT2D eigenvalue weighted by Gasteiger charge is 2.11. The lowest BCUT2D eigenvalue weighted by atomic mass is 10.2. The second kappa shape index (κ2) is 7.05. The second-order valence-electron chi connectivity index (χ2n) is 4.50. The van der Waals surface area contributed by atoms with E-state index in [0.717, 1.165) is 17.0 Å². The topological polar surface area (TPSA) is 51.2 Å². The first kappa shape index (κ1) is 14.5. The molecule has 20 heavy (non-hydrogen) atoms. The summed E-state index contributed by atoms with van der Waals surface area (Å²) < 4.78 is 5.62. The maximum absolute atomic E-state index is 11.7. The molecule has 0 bridgehead atoms. The number of amides is 1. The van der Waals surface area contributed by atoms with Gasteiger partial charge >= 0.3 is 0 Å². The molecule has 0 radical (unpaired) electrons. The van der Waals surface area contributed by atoms with E-state index in [4.69, 9.17) is 4.74 Å². The van der Waals surface area contributed by atoms with Crippen LogP contribution in [0.15, 0.2) is 35.8 Å². The molecular formula is C15H18N2O2S. The lowest BCUT2D eigenvalue weighted by Gasteiger charge is -2.13.